The van der Waals surface area contributed by atoms with Crippen molar-refractivity contribution in [1.29, 1.82) is 0 Å². The fraction of sp³-hybridized carbons (Fsp3) is 0.286. The second kappa shape index (κ2) is 6.61. The number of carbonyl (C=O) groups excluding carboxylic acids is 1. The number of amides is 1. The molecule has 1 amide bonds. The summed E-state index contributed by atoms with van der Waals surface area (Å²) in [5.41, 5.74) is 4.62. The lowest BCUT2D eigenvalue weighted by atomic mass is 10.1. The zero-order valence-electron chi connectivity index (χ0n) is 15.5. The van der Waals surface area contributed by atoms with Crippen LogP contribution in [0.25, 0.3) is 11.4 Å². The summed E-state index contributed by atoms with van der Waals surface area (Å²) in [4.78, 5) is 18.7. The number of benzene rings is 2. The lowest BCUT2D eigenvalue weighted by Gasteiger charge is -2.18. The van der Waals surface area contributed by atoms with Crippen LogP contribution in [-0.2, 0) is 4.79 Å². The zero-order valence-corrected chi connectivity index (χ0v) is 15.5. The maximum Gasteiger partial charge on any atom is 0.232 e. The fourth-order valence-electron chi connectivity index (χ4n) is 3.60. The summed E-state index contributed by atoms with van der Waals surface area (Å²) in [6, 6.07) is 10.5. The second-order valence-electron chi connectivity index (χ2n) is 7.11. The van der Waals surface area contributed by atoms with E-state index in [1.807, 2.05) is 26.0 Å². The number of rotatable bonds is 3. The largest absolute Gasteiger partial charge is 0.339 e. The van der Waals surface area contributed by atoms with Gasteiger partial charge >= 0.3 is 0 Å². The Morgan fingerprint density at radius 1 is 1.11 bits per heavy atom. The van der Waals surface area contributed by atoms with E-state index >= 15 is 0 Å². The molecule has 3 aromatic rings. The third kappa shape index (κ3) is 3.23. The molecule has 6 heteroatoms. The number of halogens is 1. The number of carbonyl (C=O) groups is 1. The molecule has 1 atom stereocenters. The highest BCUT2D eigenvalue weighted by molar-refractivity contribution is 5.97. The van der Waals surface area contributed by atoms with Gasteiger partial charge in [-0.25, -0.2) is 4.39 Å². The quantitative estimate of drug-likeness (QED) is 0.693. The lowest BCUT2D eigenvalue weighted by molar-refractivity contribution is -0.117. The Kier molecular flexibility index (Phi) is 4.26. The van der Waals surface area contributed by atoms with Gasteiger partial charge in [-0.3, -0.25) is 4.79 Å². The summed E-state index contributed by atoms with van der Waals surface area (Å²) in [6.45, 7) is 6.29. The Labute approximate surface area is 156 Å². The molecule has 1 fully saturated rings. The van der Waals surface area contributed by atoms with Gasteiger partial charge in [0.15, 0.2) is 0 Å². The average Bonchev–Trinajstić information content (AvgIpc) is 3.22. The monoisotopic (exact) mass is 365 g/mol. The smallest absolute Gasteiger partial charge is 0.232 e. The van der Waals surface area contributed by atoms with Crippen LogP contribution in [0.3, 0.4) is 0 Å². The molecule has 2 aromatic carbocycles. The number of aromatic nitrogens is 2. The summed E-state index contributed by atoms with van der Waals surface area (Å²) in [6.07, 6.45) is 0.297. The highest BCUT2D eigenvalue weighted by Gasteiger charge is 2.35. The van der Waals surface area contributed by atoms with Gasteiger partial charge in [0.2, 0.25) is 17.6 Å². The van der Waals surface area contributed by atoms with E-state index in [0.717, 1.165) is 22.4 Å². The van der Waals surface area contributed by atoms with Crippen molar-refractivity contribution in [3.63, 3.8) is 0 Å². The SMILES string of the molecule is Cc1ccc(-c2noc(C3CC(=O)N(c4ccc(F)cc4C)C3)n2)c(C)c1. The van der Waals surface area contributed by atoms with E-state index < -0.39 is 0 Å². The number of anilines is 1. The Morgan fingerprint density at radius 2 is 1.93 bits per heavy atom. The first kappa shape index (κ1) is 17.4. The Bertz CT molecular complexity index is 1030. The zero-order chi connectivity index (χ0) is 19.1. The van der Waals surface area contributed by atoms with E-state index in [4.69, 9.17) is 4.52 Å². The van der Waals surface area contributed by atoms with Gasteiger partial charge in [-0.1, -0.05) is 28.9 Å². The highest BCUT2D eigenvalue weighted by atomic mass is 19.1. The topological polar surface area (TPSA) is 59.2 Å². The van der Waals surface area contributed by atoms with Crippen molar-refractivity contribution < 1.29 is 13.7 Å². The third-order valence-electron chi connectivity index (χ3n) is 4.99. The molecule has 1 saturated heterocycles. The van der Waals surface area contributed by atoms with Crippen molar-refractivity contribution >= 4 is 11.6 Å². The highest BCUT2D eigenvalue weighted by Crippen LogP contribution is 2.34. The number of hydrogen-bond acceptors (Lipinski definition) is 4. The predicted molar refractivity (Wildman–Crippen MR) is 100 cm³/mol. The molecule has 5 nitrogen and oxygen atoms in total. The molecule has 0 bridgehead atoms. The van der Waals surface area contributed by atoms with Crippen LogP contribution in [0.15, 0.2) is 40.9 Å². The molecule has 0 radical (unpaired) electrons. The van der Waals surface area contributed by atoms with Crippen molar-refractivity contribution in [3.05, 3.63) is 64.8 Å². The molecular formula is C21H20FN3O2. The maximum atomic E-state index is 13.4. The first-order chi connectivity index (χ1) is 12.9. The van der Waals surface area contributed by atoms with E-state index in [0.29, 0.717) is 24.7 Å². The van der Waals surface area contributed by atoms with Crippen LogP contribution in [0.2, 0.25) is 0 Å². The summed E-state index contributed by atoms with van der Waals surface area (Å²) < 4.78 is 18.8. The minimum absolute atomic E-state index is 0.0269. The summed E-state index contributed by atoms with van der Waals surface area (Å²) in [5.74, 6) is 0.483. The van der Waals surface area contributed by atoms with Crippen molar-refractivity contribution in [2.24, 2.45) is 0 Å². The first-order valence-corrected chi connectivity index (χ1v) is 8.90. The number of nitrogens with zero attached hydrogens (tertiary/aromatic N) is 3. The van der Waals surface area contributed by atoms with E-state index in [1.54, 1.807) is 17.9 Å². The van der Waals surface area contributed by atoms with Gasteiger partial charge in [-0.15, -0.1) is 0 Å². The molecule has 4 rings (SSSR count). The van der Waals surface area contributed by atoms with Gasteiger partial charge in [0.1, 0.15) is 5.82 Å². The standard InChI is InChI=1S/C21H20FN3O2/c1-12-4-6-17(13(2)8-12)20-23-21(27-24-20)15-10-19(26)25(11-15)18-7-5-16(22)9-14(18)3/h4-9,15H,10-11H2,1-3H3. The molecule has 0 spiro atoms. The molecule has 0 aliphatic carbocycles. The van der Waals surface area contributed by atoms with Crippen LogP contribution in [0.1, 0.15) is 34.9 Å². The molecule has 2 heterocycles. The minimum atomic E-state index is -0.311. The van der Waals surface area contributed by atoms with E-state index in [-0.39, 0.29) is 17.6 Å². The molecule has 27 heavy (non-hydrogen) atoms. The van der Waals surface area contributed by atoms with Gasteiger partial charge in [0, 0.05) is 24.2 Å². The van der Waals surface area contributed by atoms with Crippen molar-refractivity contribution in [2.45, 2.75) is 33.1 Å². The van der Waals surface area contributed by atoms with Crippen LogP contribution in [0.4, 0.5) is 10.1 Å². The van der Waals surface area contributed by atoms with Gasteiger partial charge in [-0.05, 0) is 50.1 Å². The number of hydrogen-bond donors (Lipinski definition) is 0. The summed E-state index contributed by atoms with van der Waals surface area (Å²) >= 11 is 0. The van der Waals surface area contributed by atoms with Crippen LogP contribution in [-0.4, -0.2) is 22.6 Å². The average molecular weight is 365 g/mol. The third-order valence-corrected chi connectivity index (χ3v) is 4.99. The van der Waals surface area contributed by atoms with Crippen LogP contribution < -0.4 is 4.90 Å². The normalized spacial score (nSPS) is 17.0. The van der Waals surface area contributed by atoms with Crippen molar-refractivity contribution in [2.75, 3.05) is 11.4 Å². The molecular weight excluding hydrogens is 345 g/mol. The van der Waals surface area contributed by atoms with Gasteiger partial charge < -0.3 is 9.42 Å². The van der Waals surface area contributed by atoms with Gasteiger partial charge in [0.25, 0.3) is 0 Å². The first-order valence-electron chi connectivity index (χ1n) is 8.90. The summed E-state index contributed by atoms with van der Waals surface area (Å²) in [5, 5.41) is 4.11. The fourth-order valence-corrected chi connectivity index (χ4v) is 3.60. The van der Waals surface area contributed by atoms with Gasteiger partial charge in [0.05, 0.1) is 5.92 Å². The Balaban J connectivity index is 1.59. The Hall–Kier alpha value is -3.02. The molecule has 138 valence electrons. The summed E-state index contributed by atoms with van der Waals surface area (Å²) in [7, 11) is 0. The van der Waals surface area contributed by atoms with Crippen molar-refractivity contribution in [3.8, 4) is 11.4 Å². The molecule has 0 saturated carbocycles. The molecule has 1 unspecified atom stereocenters. The molecule has 1 aromatic heterocycles. The van der Waals surface area contributed by atoms with Gasteiger partial charge in [-0.2, -0.15) is 4.98 Å². The van der Waals surface area contributed by atoms with Crippen LogP contribution >= 0.6 is 0 Å². The molecule has 1 aliphatic rings. The van der Waals surface area contributed by atoms with E-state index in [2.05, 4.69) is 16.2 Å². The van der Waals surface area contributed by atoms with Crippen LogP contribution in [0, 0.1) is 26.6 Å². The maximum absolute atomic E-state index is 13.4. The lowest BCUT2D eigenvalue weighted by Crippen LogP contribution is -2.25. The second-order valence-corrected chi connectivity index (χ2v) is 7.11. The minimum Gasteiger partial charge on any atom is -0.339 e. The Morgan fingerprint density at radius 3 is 2.67 bits per heavy atom. The predicted octanol–water partition coefficient (Wildman–Crippen LogP) is 4.32. The van der Waals surface area contributed by atoms with E-state index in [1.165, 1.54) is 17.7 Å². The van der Waals surface area contributed by atoms with Crippen LogP contribution in [0.5, 0.6) is 0 Å². The number of aryl methyl sites for hydroxylation is 3. The molecule has 1 aliphatic heterocycles. The molecule has 0 N–H and O–H groups in total. The van der Waals surface area contributed by atoms with E-state index in [9.17, 15) is 9.18 Å². The van der Waals surface area contributed by atoms with Crippen molar-refractivity contribution in [1.82, 2.24) is 10.1 Å².